The lowest BCUT2D eigenvalue weighted by atomic mass is 10.2. The number of nitrogens with zero attached hydrogens (tertiary/aromatic N) is 3. The number of nitrogens with one attached hydrogen (secondary N) is 1. The average molecular weight is 325 g/mol. The first kappa shape index (κ1) is 14.2. The molecule has 1 heterocycles. The maximum Gasteiger partial charge on any atom is 0.0969 e. The van der Waals surface area contributed by atoms with Crippen molar-refractivity contribution in [1.29, 1.82) is 0 Å². The Morgan fingerprint density at radius 3 is 3.00 bits per heavy atom. The van der Waals surface area contributed by atoms with E-state index in [1.165, 1.54) is 5.56 Å². The van der Waals surface area contributed by atoms with Gasteiger partial charge < -0.3 is 10.1 Å². The summed E-state index contributed by atoms with van der Waals surface area (Å²) in [7, 11) is 1.69. The molecule has 0 saturated heterocycles. The summed E-state index contributed by atoms with van der Waals surface area (Å²) in [6, 6.07) is 6.11. The van der Waals surface area contributed by atoms with Crippen LogP contribution in [0, 0.1) is 6.92 Å². The third kappa shape index (κ3) is 3.86. The largest absolute Gasteiger partial charge is 0.383 e. The van der Waals surface area contributed by atoms with Crippen LogP contribution in [0.25, 0.3) is 5.69 Å². The number of hydrogen-bond donors (Lipinski definition) is 1. The Labute approximate surface area is 121 Å². The van der Waals surface area contributed by atoms with Gasteiger partial charge in [0.25, 0.3) is 0 Å². The average Bonchev–Trinajstić information content (AvgIpc) is 2.87. The fraction of sp³-hybridized carbons (Fsp3) is 0.385. The van der Waals surface area contributed by atoms with Crippen molar-refractivity contribution in [2.24, 2.45) is 0 Å². The molecule has 0 unspecified atom stereocenters. The van der Waals surface area contributed by atoms with Crippen molar-refractivity contribution in [3.05, 3.63) is 40.1 Å². The second-order valence-electron chi connectivity index (χ2n) is 4.26. The maximum atomic E-state index is 4.97. The van der Waals surface area contributed by atoms with E-state index < -0.39 is 0 Å². The van der Waals surface area contributed by atoms with Crippen LogP contribution >= 0.6 is 15.9 Å². The minimum atomic E-state index is 0.691. The molecule has 0 aliphatic carbocycles. The molecule has 0 saturated carbocycles. The van der Waals surface area contributed by atoms with Gasteiger partial charge in [0.15, 0.2) is 0 Å². The van der Waals surface area contributed by atoms with E-state index in [9.17, 15) is 0 Å². The first-order valence-corrected chi connectivity index (χ1v) is 6.87. The molecule has 19 heavy (non-hydrogen) atoms. The molecule has 2 aromatic rings. The highest BCUT2D eigenvalue weighted by Crippen LogP contribution is 2.19. The van der Waals surface area contributed by atoms with E-state index in [1.54, 1.807) is 11.8 Å². The summed E-state index contributed by atoms with van der Waals surface area (Å²) in [5.74, 6) is 0. The summed E-state index contributed by atoms with van der Waals surface area (Å²) in [5, 5.41) is 11.5. The van der Waals surface area contributed by atoms with Crippen molar-refractivity contribution in [2.75, 3.05) is 20.3 Å². The fourth-order valence-electron chi connectivity index (χ4n) is 1.62. The smallest absolute Gasteiger partial charge is 0.0969 e. The Hall–Kier alpha value is -1.24. The molecule has 1 N–H and O–H groups in total. The van der Waals surface area contributed by atoms with E-state index in [4.69, 9.17) is 4.74 Å². The van der Waals surface area contributed by atoms with Crippen molar-refractivity contribution in [2.45, 2.75) is 13.5 Å². The van der Waals surface area contributed by atoms with Gasteiger partial charge in [0.1, 0.15) is 0 Å². The number of methoxy groups -OCH3 is 1. The van der Waals surface area contributed by atoms with Gasteiger partial charge in [-0.3, -0.25) is 0 Å². The number of aromatic nitrogens is 3. The van der Waals surface area contributed by atoms with Gasteiger partial charge in [-0.05, 0) is 24.6 Å². The fourth-order valence-corrected chi connectivity index (χ4v) is 1.99. The van der Waals surface area contributed by atoms with Crippen LogP contribution in [0.4, 0.5) is 0 Å². The molecule has 5 nitrogen and oxygen atoms in total. The van der Waals surface area contributed by atoms with Crippen LogP contribution in [-0.2, 0) is 11.3 Å². The second-order valence-corrected chi connectivity index (χ2v) is 5.11. The zero-order chi connectivity index (χ0) is 13.7. The third-order valence-electron chi connectivity index (χ3n) is 2.75. The monoisotopic (exact) mass is 324 g/mol. The van der Waals surface area contributed by atoms with Gasteiger partial charge in [0.2, 0.25) is 0 Å². The van der Waals surface area contributed by atoms with Crippen molar-refractivity contribution >= 4 is 15.9 Å². The first-order valence-electron chi connectivity index (χ1n) is 6.08. The van der Waals surface area contributed by atoms with Gasteiger partial charge >= 0.3 is 0 Å². The molecule has 0 fully saturated rings. The molecule has 0 amide bonds. The van der Waals surface area contributed by atoms with Crippen molar-refractivity contribution < 1.29 is 4.74 Å². The minimum absolute atomic E-state index is 0.691. The summed E-state index contributed by atoms with van der Waals surface area (Å²) >= 11 is 3.52. The number of aryl methyl sites for hydroxylation is 1. The number of halogens is 1. The Bertz CT molecular complexity index is 541. The van der Waals surface area contributed by atoms with E-state index in [1.807, 2.05) is 18.3 Å². The molecule has 2 rings (SSSR count). The Balaban J connectivity index is 2.01. The SMILES string of the molecule is COCCNCc1cn(-c2ccc(C)c(Br)c2)nn1. The second kappa shape index (κ2) is 6.79. The summed E-state index contributed by atoms with van der Waals surface area (Å²) in [5.41, 5.74) is 3.10. The zero-order valence-corrected chi connectivity index (χ0v) is 12.6. The topological polar surface area (TPSA) is 52.0 Å². The van der Waals surface area contributed by atoms with Crippen LogP contribution < -0.4 is 5.32 Å². The molecule has 0 spiro atoms. The van der Waals surface area contributed by atoms with Gasteiger partial charge in [0, 0.05) is 24.7 Å². The third-order valence-corrected chi connectivity index (χ3v) is 3.60. The first-order chi connectivity index (χ1) is 9.20. The lowest BCUT2D eigenvalue weighted by molar-refractivity contribution is 0.199. The highest BCUT2D eigenvalue weighted by Gasteiger charge is 2.04. The molecule has 0 atom stereocenters. The molecule has 0 bridgehead atoms. The van der Waals surface area contributed by atoms with Crippen LogP contribution in [0.3, 0.4) is 0 Å². The lowest BCUT2D eigenvalue weighted by Crippen LogP contribution is -2.18. The van der Waals surface area contributed by atoms with Gasteiger partial charge in [-0.2, -0.15) is 0 Å². The molecule has 102 valence electrons. The van der Waals surface area contributed by atoms with Crippen LogP contribution in [0.1, 0.15) is 11.3 Å². The Morgan fingerprint density at radius 1 is 1.42 bits per heavy atom. The number of hydrogen-bond acceptors (Lipinski definition) is 4. The predicted molar refractivity (Wildman–Crippen MR) is 77.4 cm³/mol. The maximum absolute atomic E-state index is 4.97. The summed E-state index contributed by atoms with van der Waals surface area (Å²) in [4.78, 5) is 0. The lowest BCUT2D eigenvalue weighted by Gasteiger charge is -2.03. The van der Waals surface area contributed by atoms with E-state index >= 15 is 0 Å². The van der Waals surface area contributed by atoms with E-state index in [0.29, 0.717) is 13.2 Å². The van der Waals surface area contributed by atoms with Gasteiger partial charge in [-0.25, -0.2) is 4.68 Å². The molecule has 0 radical (unpaired) electrons. The molecule has 0 aliphatic rings. The highest BCUT2D eigenvalue weighted by molar-refractivity contribution is 9.10. The predicted octanol–water partition coefficient (Wildman–Crippen LogP) is 2.07. The Kier molecular flexibility index (Phi) is 5.07. The molecule has 1 aromatic heterocycles. The molecule has 0 aliphatic heterocycles. The van der Waals surface area contributed by atoms with E-state index in [2.05, 4.69) is 44.5 Å². The molecule has 1 aromatic carbocycles. The van der Waals surface area contributed by atoms with Crippen LogP contribution in [0.2, 0.25) is 0 Å². The number of benzene rings is 1. The summed E-state index contributed by atoms with van der Waals surface area (Å²) in [6.45, 7) is 4.25. The number of rotatable bonds is 6. The van der Waals surface area contributed by atoms with Crippen LogP contribution in [0.5, 0.6) is 0 Å². The molecule has 6 heteroatoms. The Morgan fingerprint density at radius 2 is 2.26 bits per heavy atom. The van der Waals surface area contributed by atoms with E-state index in [0.717, 1.165) is 22.4 Å². The van der Waals surface area contributed by atoms with Crippen molar-refractivity contribution in [3.63, 3.8) is 0 Å². The van der Waals surface area contributed by atoms with Gasteiger partial charge in [-0.15, -0.1) is 5.10 Å². The highest BCUT2D eigenvalue weighted by atomic mass is 79.9. The normalized spacial score (nSPS) is 10.9. The van der Waals surface area contributed by atoms with Gasteiger partial charge in [-0.1, -0.05) is 27.2 Å². The summed E-state index contributed by atoms with van der Waals surface area (Å²) < 4.78 is 7.81. The standard InChI is InChI=1S/C13H17BrN4O/c1-10-3-4-12(7-13(10)14)18-9-11(16-17-18)8-15-5-6-19-2/h3-4,7,9,15H,5-6,8H2,1-2H3. The van der Waals surface area contributed by atoms with Crippen LogP contribution in [0.15, 0.2) is 28.9 Å². The minimum Gasteiger partial charge on any atom is -0.383 e. The van der Waals surface area contributed by atoms with Crippen LogP contribution in [-0.4, -0.2) is 35.3 Å². The number of ether oxygens (including phenoxy) is 1. The van der Waals surface area contributed by atoms with Crippen molar-refractivity contribution in [1.82, 2.24) is 20.3 Å². The zero-order valence-electron chi connectivity index (χ0n) is 11.1. The van der Waals surface area contributed by atoms with E-state index in [-0.39, 0.29) is 0 Å². The summed E-state index contributed by atoms with van der Waals surface area (Å²) in [6.07, 6.45) is 1.93. The van der Waals surface area contributed by atoms with Gasteiger partial charge in [0.05, 0.1) is 24.2 Å². The van der Waals surface area contributed by atoms with Crippen molar-refractivity contribution in [3.8, 4) is 5.69 Å². The molecular weight excluding hydrogens is 308 g/mol. The quantitative estimate of drug-likeness (QED) is 0.826. The molecular formula is C13H17BrN4O.